The number of carbonyl (C=O) groups is 1. The number of fused-ring (bicyclic) bond motifs is 1. The Hall–Kier alpha value is -2.54. The molecule has 2 fully saturated rings. The number of amides is 1. The lowest BCUT2D eigenvalue weighted by Gasteiger charge is -2.17. The van der Waals surface area contributed by atoms with Crippen LogP contribution in [0.5, 0.6) is 0 Å². The Labute approximate surface area is 178 Å². The molecule has 2 aromatic rings. The van der Waals surface area contributed by atoms with Crippen molar-refractivity contribution in [2.24, 2.45) is 0 Å². The molecule has 0 spiro atoms. The number of nitrogens with one attached hydrogen (secondary N) is 2. The summed E-state index contributed by atoms with van der Waals surface area (Å²) in [6.45, 7) is 3.63. The molecule has 1 amide bonds. The Morgan fingerprint density at radius 3 is 2.97 bits per heavy atom. The largest absolute Gasteiger partial charge is 0.447 e. The fourth-order valence-electron chi connectivity index (χ4n) is 3.66. The summed E-state index contributed by atoms with van der Waals surface area (Å²) in [6, 6.07) is 0.142. The number of rotatable bonds is 8. The van der Waals surface area contributed by atoms with E-state index >= 15 is 0 Å². The van der Waals surface area contributed by atoms with E-state index in [0.29, 0.717) is 36.7 Å². The molecule has 4 unspecified atom stereocenters. The number of aromatic nitrogens is 4. The molecule has 2 aromatic heterocycles. The van der Waals surface area contributed by atoms with Crippen LogP contribution in [0, 0.1) is 0 Å². The standard InChI is InChI=1S/C19H28N6O6/c1-2-3-5-20-19(28)30-8-12-14(26)15(27)18(31-12)25-10-23-13-16(21-9-22-17(13)25)24-11-4-6-29-7-11/h9-12,14-15,18,26-27H,2-8H2,1H3,(H,20,28)(H,21,22,24)/t11-,12?,14?,15?,18?/m1/s1. The molecule has 12 heteroatoms. The van der Waals surface area contributed by atoms with Crippen LogP contribution in [0.1, 0.15) is 32.4 Å². The molecule has 4 N–H and O–H groups in total. The molecule has 12 nitrogen and oxygen atoms in total. The van der Waals surface area contributed by atoms with E-state index in [1.54, 1.807) is 4.57 Å². The smallest absolute Gasteiger partial charge is 0.407 e. The highest BCUT2D eigenvalue weighted by Gasteiger charge is 2.45. The first-order valence-corrected chi connectivity index (χ1v) is 10.5. The Morgan fingerprint density at radius 1 is 1.32 bits per heavy atom. The fourth-order valence-corrected chi connectivity index (χ4v) is 3.66. The van der Waals surface area contributed by atoms with Gasteiger partial charge in [-0.3, -0.25) is 4.57 Å². The summed E-state index contributed by atoms with van der Waals surface area (Å²) in [4.78, 5) is 24.7. The van der Waals surface area contributed by atoms with Gasteiger partial charge in [0, 0.05) is 13.2 Å². The lowest BCUT2D eigenvalue weighted by molar-refractivity contribution is -0.0533. The molecule has 0 aromatic carbocycles. The molecule has 5 atom stereocenters. The number of hydrogen-bond acceptors (Lipinski definition) is 10. The lowest BCUT2D eigenvalue weighted by atomic mass is 10.1. The quantitative estimate of drug-likeness (QED) is 0.421. The van der Waals surface area contributed by atoms with Crippen molar-refractivity contribution in [3.8, 4) is 0 Å². The van der Waals surface area contributed by atoms with E-state index < -0.39 is 30.6 Å². The van der Waals surface area contributed by atoms with Gasteiger partial charge in [0.25, 0.3) is 0 Å². The summed E-state index contributed by atoms with van der Waals surface area (Å²) in [5.74, 6) is 0.566. The topological polar surface area (TPSA) is 153 Å². The summed E-state index contributed by atoms with van der Waals surface area (Å²) in [6.07, 6.45) is 0.661. The molecule has 170 valence electrons. The monoisotopic (exact) mass is 436 g/mol. The average molecular weight is 436 g/mol. The van der Waals surface area contributed by atoms with Crippen LogP contribution in [0.15, 0.2) is 12.7 Å². The zero-order chi connectivity index (χ0) is 21.8. The number of unbranched alkanes of at least 4 members (excludes halogenated alkanes) is 1. The summed E-state index contributed by atoms with van der Waals surface area (Å²) in [5, 5.41) is 26.9. The van der Waals surface area contributed by atoms with Crippen LogP contribution in [0.4, 0.5) is 10.6 Å². The molecule has 2 aliphatic rings. The third-order valence-corrected chi connectivity index (χ3v) is 5.42. The van der Waals surface area contributed by atoms with Gasteiger partial charge in [-0.15, -0.1) is 0 Å². The zero-order valence-corrected chi connectivity index (χ0v) is 17.3. The van der Waals surface area contributed by atoms with Crippen LogP contribution in [0.3, 0.4) is 0 Å². The van der Waals surface area contributed by atoms with E-state index in [1.165, 1.54) is 12.7 Å². The van der Waals surface area contributed by atoms with Gasteiger partial charge in [0.05, 0.1) is 19.0 Å². The van der Waals surface area contributed by atoms with E-state index in [2.05, 4.69) is 25.6 Å². The lowest BCUT2D eigenvalue weighted by Crippen LogP contribution is -2.36. The van der Waals surface area contributed by atoms with Gasteiger partial charge in [-0.25, -0.2) is 19.7 Å². The maximum atomic E-state index is 11.7. The Bertz CT molecular complexity index is 888. The minimum atomic E-state index is -1.25. The van der Waals surface area contributed by atoms with Gasteiger partial charge >= 0.3 is 6.09 Å². The summed E-state index contributed by atoms with van der Waals surface area (Å²) in [7, 11) is 0. The highest BCUT2D eigenvalue weighted by Crippen LogP contribution is 2.32. The number of carbonyl (C=O) groups excluding carboxylic acids is 1. The number of ether oxygens (including phenoxy) is 3. The number of alkyl carbamates (subject to hydrolysis) is 1. The number of hydrogen-bond donors (Lipinski definition) is 4. The van der Waals surface area contributed by atoms with E-state index in [4.69, 9.17) is 14.2 Å². The summed E-state index contributed by atoms with van der Waals surface area (Å²) < 4.78 is 17.8. The number of aliphatic hydroxyl groups excluding tert-OH is 2. The molecule has 31 heavy (non-hydrogen) atoms. The normalized spacial score (nSPS) is 28.2. The van der Waals surface area contributed by atoms with Crippen molar-refractivity contribution in [3.63, 3.8) is 0 Å². The van der Waals surface area contributed by atoms with Crippen LogP contribution < -0.4 is 10.6 Å². The van der Waals surface area contributed by atoms with Crippen molar-refractivity contribution in [2.75, 3.05) is 31.7 Å². The minimum absolute atomic E-state index is 0.142. The van der Waals surface area contributed by atoms with Gasteiger partial charge < -0.3 is 35.1 Å². The summed E-state index contributed by atoms with van der Waals surface area (Å²) in [5.41, 5.74) is 0.973. The third kappa shape index (κ3) is 4.71. The van der Waals surface area contributed by atoms with E-state index in [0.717, 1.165) is 19.3 Å². The second kappa shape index (κ2) is 9.73. The second-order valence-electron chi connectivity index (χ2n) is 7.68. The van der Waals surface area contributed by atoms with Crippen LogP contribution >= 0.6 is 0 Å². The van der Waals surface area contributed by atoms with Gasteiger partial charge in [0.2, 0.25) is 0 Å². The minimum Gasteiger partial charge on any atom is -0.447 e. The Balaban J connectivity index is 1.43. The zero-order valence-electron chi connectivity index (χ0n) is 17.3. The average Bonchev–Trinajstić information content (AvgIpc) is 3.49. The number of imidazole rings is 1. The molecule has 0 aliphatic carbocycles. The maximum Gasteiger partial charge on any atom is 0.407 e. The summed E-state index contributed by atoms with van der Waals surface area (Å²) >= 11 is 0. The number of aliphatic hydroxyl groups is 2. The van der Waals surface area contributed by atoms with Crippen molar-refractivity contribution < 1.29 is 29.2 Å². The first kappa shape index (κ1) is 21.7. The van der Waals surface area contributed by atoms with Crippen LogP contribution in [-0.4, -0.2) is 86.5 Å². The SMILES string of the molecule is CCCCNC(=O)OCC1OC(n2cnc3c(N[C@@H]4CCOC4)ncnc32)C(O)C1O. The molecule has 4 rings (SSSR count). The first-order chi connectivity index (χ1) is 15.1. The van der Waals surface area contributed by atoms with Gasteiger partial charge in [-0.05, 0) is 12.8 Å². The van der Waals surface area contributed by atoms with Crippen molar-refractivity contribution in [2.45, 2.75) is 56.8 Å². The van der Waals surface area contributed by atoms with Crippen LogP contribution in [0.25, 0.3) is 11.2 Å². The highest BCUT2D eigenvalue weighted by molar-refractivity contribution is 5.82. The molecule has 4 heterocycles. The van der Waals surface area contributed by atoms with Gasteiger partial charge in [-0.1, -0.05) is 13.3 Å². The highest BCUT2D eigenvalue weighted by atomic mass is 16.6. The van der Waals surface area contributed by atoms with Crippen molar-refractivity contribution in [1.29, 1.82) is 0 Å². The van der Waals surface area contributed by atoms with Crippen molar-refractivity contribution in [1.82, 2.24) is 24.8 Å². The second-order valence-corrected chi connectivity index (χ2v) is 7.68. The molecule has 0 radical (unpaired) electrons. The van der Waals surface area contributed by atoms with Crippen LogP contribution in [-0.2, 0) is 14.2 Å². The van der Waals surface area contributed by atoms with E-state index in [9.17, 15) is 15.0 Å². The van der Waals surface area contributed by atoms with Crippen molar-refractivity contribution in [3.05, 3.63) is 12.7 Å². The van der Waals surface area contributed by atoms with Crippen LogP contribution in [0.2, 0.25) is 0 Å². The van der Waals surface area contributed by atoms with Gasteiger partial charge in [-0.2, -0.15) is 0 Å². The maximum absolute atomic E-state index is 11.7. The molecule has 0 saturated carbocycles. The molecular weight excluding hydrogens is 408 g/mol. The Morgan fingerprint density at radius 2 is 2.19 bits per heavy atom. The first-order valence-electron chi connectivity index (χ1n) is 10.5. The van der Waals surface area contributed by atoms with Gasteiger partial charge in [0.15, 0.2) is 23.2 Å². The third-order valence-electron chi connectivity index (χ3n) is 5.42. The van der Waals surface area contributed by atoms with Gasteiger partial charge in [0.1, 0.15) is 31.2 Å². The van der Waals surface area contributed by atoms with E-state index in [-0.39, 0.29) is 12.6 Å². The van der Waals surface area contributed by atoms with Crippen molar-refractivity contribution >= 4 is 23.1 Å². The predicted octanol–water partition coefficient (Wildman–Crippen LogP) is 0.173. The fraction of sp³-hybridized carbons (Fsp3) is 0.684. The number of nitrogens with zero attached hydrogens (tertiary/aromatic N) is 4. The Kier molecular flexibility index (Phi) is 6.80. The predicted molar refractivity (Wildman–Crippen MR) is 108 cm³/mol. The van der Waals surface area contributed by atoms with E-state index in [1.807, 2.05) is 6.92 Å². The molecule has 2 saturated heterocycles. The molecule has 0 bridgehead atoms. The molecule has 2 aliphatic heterocycles. The molecular formula is C19H28N6O6. The number of anilines is 1.